The lowest BCUT2D eigenvalue weighted by Gasteiger charge is -2.06. The first-order chi connectivity index (χ1) is 13.3. The first-order valence-corrected chi connectivity index (χ1v) is 9.11. The van der Waals surface area contributed by atoms with Gasteiger partial charge in [0.2, 0.25) is 5.88 Å². The summed E-state index contributed by atoms with van der Waals surface area (Å²) < 4.78 is 49.0. The Morgan fingerprint density at radius 3 is 2.57 bits per heavy atom. The van der Waals surface area contributed by atoms with Gasteiger partial charge in [-0.15, -0.1) is 11.3 Å². The molecule has 0 saturated carbocycles. The zero-order valence-corrected chi connectivity index (χ0v) is 15.7. The Balaban J connectivity index is 1.52. The SMILES string of the molecule is Cc1sc2ncnc(OCc3cc(-c4ccc(C(F)(F)F)cc4)no3)c2c1C. The van der Waals surface area contributed by atoms with Gasteiger partial charge in [0.1, 0.15) is 16.9 Å². The minimum Gasteiger partial charge on any atom is -0.469 e. The minimum absolute atomic E-state index is 0.0914. The summed E-state index contributed by atoms with van der Waals surface area (Å²) >= 11 is 1.57. The molecule has 4 rings (SSSR count). The van der Waals surface area contributed by atoms with Crippen LogP contribution in [0.3, 0.4) is 0 Å². The predicted molar refractivity (Wildman–Crippen MR) is 98.2 cm³/mol. The number of hydrogen-bond acceptors (Lipinski definition) is 6. The molecule has 144 valence electrons. The Labute approximate surface area is 161 Å². The summed E-state index contributed by atoms with van der Waals surface area (Å²) in [7, 11) is 0. The molecule has 0 aliphatic carbocycles. The van der Waals surface area contributed by atoms with Gasteiger partial charge in [-0.05, 0) is 31.5 Å². The van der Waals surface area contributed by atoms with Crippen molar-refractivity contribution in [1.29, 1.82) is 0 Å². The van der Waals surface area contributed by atoms with Gasteiger partial charge in [0.05, 0.1) is 10.9 Å². The van der Waals surface area contributed by atoms with Gasteiger partial charge in [-0.2, -0.15) is 13.2 Å². The van der Waals surface area contributed by atoms with Crippen LogP contribution >= 0.6 is 11.3 Å². The molecule has 0 amide bonds. The standard InChI is InChI=1S/C19H14F3N3O2S/c1-10-11(2)28-18-16(10)17(23-9-24-18)26-8-14-7-15(25-27-14)12-3-5-13(6-4-12)19(20,21)22/h3-7,9H,8H2,1-2H3. The van der Waals surface area contributed by atoms with Gasteiger partial charge in [0.15, 0.2) is 12.4 Å². The zero-order valence-electron chi connectivity index (χ0n) is 14.9. The van der Waals surface area contributed by atoms with Crippen molar-refractivity contribution in [2.45, 2.75) is 26.6 Å². The number of rotatable bonds is 4. The number of thiophene rings is 1. The fourth-order valence-electron chi connectivity index (χ4n) is 2.75. The summed E-state index contributed by atoms with van der Waals surface area (Å²) in [6.45, 7) is 4.09. The maximum absolute atomic E-state index is 12.7. The Morgan fingerprint density at radius 2 is 1.86 bits per heavy atom. The zero-order chi connectivity index (χ0) is 19.9. The van der Waals surface area contributed by atoms with Crippen LogP contribution in [0.25, 0.3) is 21.5 Å². The van der Waals surface area contributed by atoms with Gasteiger partial charge >= 0.3 is 6.18 Å². The van der Waals surface area contributed by atoms with Gasteiger partial charge < -0.3 is 9.26 Å². The van der Waals surface area contributed by atoms with E-state index in [0.29, 0.717) is 22.9 Å². The number of nitrogens with zero attached hydrogens (tertiary/aromatic N) is 3. The third-order valence-corrected chi connectivity index (χ3v) is 5.46. The molecule has 0 unspecified atom stereocenters. The molecule has 3 aromatic heterocycles. The van der Waals surface area contributed by atoms with Crippen molar-refractivity contribution < 1.29 is 22.4 Å². The van der Waals surface area contributed by atoms with E-state index < -0.39 is 11.7 Å². The number of halogens is 3. The van der Waals surface area contributed by atoms with Crippen LogP contribution in [0, 0.1) is 13.8 Å². The highest BCUT2D eigenvalue weighted by molar-refractivity contribution is 7.18. The van der Waals surface area contributed by atoms with Gasteiger partial charge in [0.25, 0.3) is 0 Å². The minimum atomic E-state index is -4.37. The largest absolute Gasteiger partial charge is 0.469 e. The molecule has 0 bridgehead atoms. The van der Waals surface area contributed by atoms with E-state index >= 15 is 0 Å². The van der Waals surface area contributed by atoms with Gasteiger partial charge in [-0.3, -0.25) is 0 Å². The molecule has 0 radical (unpaired) electrons. The van der Waals surface area contributed by atoms with Crippen molar-refractivity contribution in [3.63, 3.8) is 0 Å². The van der Waals surface area contributed by atoms with E-state index in [9.17, 15) is 13.2 Å². The molecule has 0 saturated heterocycles. The second kappa shape index (κ2) is 6.90. The van der Waals surface area contributed by atoms with Crippen molar-refractivity contribution in [2.24, 2.45) is 0 Å². The van der Waals surface area contributed by atoms with E-state index in [0.717, 1.165) is 32.8 Å². The summed E-state index contributed by atoms with van der Waals surface area (Å²) in [4.78, 5) is 10.4. The van der Waals surface area contributed by atoms with Crippen molar-refractivity contribution in [1.82, 2.24) is 15.1 Å². The van der Waals surface area contributed by atoms with Crippen LogP contribution < -0.4 is 4.74 Å². The topological polar surface area (TPSA) is 61.0 Å². The smallest absolute Gasteiger partial charge is 0.416 e. The number of benzene rings is 1. The van der Waals surface area contributed by atoms with E-state index in [4.69, 9.17) is 9.26 Å². The van der Waals surface area contributed by atoms with Gasteiger partial charge in [0, 0.05) is 16.5 Å². The van der Waals surface area contributed by atoms with Crippen molar-refractivity contribution in [2.75, 3.05) is 0 Å². The van der Waals surface area contributed by atoms with E-state index in [1.807, 2.05) is 13.8 Å². The van der Waals surface area contributed by atoms with Crippen LogP contribution in [-0.2, 0) is 12.8 Å². The van der Waals surface area contributed by atoms with Gasteiger partial charge in [-0.25, -0.2) is 9.97 Å². The Bertz CT molecular complexity index is 1130. The second-order valence-electron chi connectivity index (χ2n) is 6.18. The number of aryl methyl sites for hydroxylation is 2. The molecule has 4 aromatic rings. The molecule has 5 nitrogen and oxygen atoms in total. The Kier molecular flexibility index (Phi) is 4.54. The maximum atomic E-state index is 12.7. The fourth-order valence-corrected chi connectivity index (χ4v) is 3.73. The number of fused-ring (bicyclic) bond motifs is 1. The Morgan fingerprint density at radius 1 is 1.11 bits per heavy atom. The summed E-state index contributed by atoms with van der Waals surface area (Å²) in [6, 6.07) is 6.37. The molecular formula is C19H14F3N3O2S. The lowest BCUT2D eigenvalue weighted by atomic mass is 10.1. The molecule has 28 heavy (non-hydrogen) atoms. The van der Waals surface area contributed by atoms with E-state index in [1.165, 1.54) is 18.5 Å². The van der Waals surface area contributed by atoms with Crippen LogP contribution in [0.5, 0.6) is 5.88 Å². The van der Waals surface area contributed by atoms with E-state index in [2.05, 4.69) is 15.1 Å². The predicted octanol–water partition coefficient (Wildman–Crippen LogP) is 5.56. The summed E-state index contributed by atoms with van der Waals surface area (Å²) in [6.07, 6.45) is -2.93. The molecule has 0 fully saturated rings. The molecule has 0 aliphatic heterocycles. The molecule has 1 aromatic carbocycles. The lowest BCUT2D eigenvalue weighted by Crippen LogP contribution is -2.03. The molecule has 0 aliphatic rings. The molecule has 0 N–H and O–H groups in total. The highest BCUT2D eigenvalue weighted by Crippen LogP contribution is 2.34. The quantitative estimate of drug-likeness (QED) is 0.445. The van der Waals surface area contributed by atoms with Crippen molar-refractivity contribution in [3.05, 3.63) is 58.4 Å². The first-order valence-electron chi connectivity index (χ1n) is 8.29. The molecule has 0 spiro atoms. The second-order valence-corrected chi connectivity index (χ2v) is 7.39. The summed E-state index contributed by atoms with van der Waals surface area (Å²) in [5.74, 6) is 0.894. The van der Waals surface area contributed by atoms with Crippen LogP contribution in [0.2, 0.25) is 0 Å². The third-order valence-electron chi connectivity index (χ3n) is 4.35. The third kappa shape index (κ3) is 3.45. The van der Waals surface area contributed by atoms with Crippen molar-refractivity contribution >= 4 is 21.6 Å². The van der Waals surface area contributed by atoms with Crippen LogP contribution in [0.15, 0.2) is 41.2 Å². The van der Waals surface area contributed by atoms with Crippen molar-refractivity contribution in [3.8, 4) is 17.1 Å². The van der Waals surface area contributed by atoms with E-state index in [-0.39, 0.29) is 6.61 Å². The monoisotopic (exact) mass is 405 g/mol. The average molecular weight is 405 g/mol. The summed E-state index contributed by atoms with van der Waals surface area (Å²) in [5.41, 5.74) is 1.32. The highest BCUT2D eigenvalue weighted by Gasteiger charge is 2.30. The molecule has 3 heterocycles. The van der Waals surface area contributed by atoms with Crippen LogP contribution in [-0.4, -0.2) is 15.1 Å². The van der Waals surface area contributed by atoms with Gasteiger partial charge in [-0.1, -0.05) is 17.3 Å². The molecule has 9 heteroatoms. The van der Waals surface area contributed by atoms with Crippen LogP contribution in [0.4, 0.5) is 13.2 Å². The number of hydrogen-bond donors (Lipinski definition) is 0. The normalized spacial score (nSPS) is 11.9. The number of aromatic nitrogens is 3. The molecular weight excluding hydrogens is 391 g/mol. The number of alkyl halides is 3. The number of ether oxygens (including phenoxy) is 1. The average Bonchev–Trinajstić information content (AvgIpc) is 3.25. The lowest BCUT2D eigenvalue weighted by molar-refractivity contribution is -0.137. The highest BCUT2D eigenvalue weighted by atomic mass is 32.1. The first kappa shape index (κ1) is 18.4. The van der Waals surface area contributed by atoms with Crippen LogP contribution in [0.1, 0.15) is 21.8 Å². The fraction of sp³-hybridized carbons (Fsp3) is 0.211. The maximum Gasteiger partial charge on any atom is 0.416 e. The molecule has 0 atom stereocenters. The summed E-state index contributed by atoms with van der Waals surface area (Å²) in [5, 5.41) is 4.78. The van der Waals surface area contributed by atoms with E-state index in [1.54, 1.807) is 17.4 Å². The Hall–Kier alpha value is -2.94.